The summed E-state index contributed by atoms with van der Waals surface area (Å²) < 4.78 is 5.80. The van der Waals surface area contributed by atoms with Crippen molar-refractivity contribution >= 4 is 5.69 Å². The SMILES string of the molecule is c1cc(CCOc2ccc(N3CCNCC3)cc2)ccn1. The van der Waals surface area contributed by atoms with Crippen LogP contribution in [0.15, 0.2) is 48.8 Å². The van der Waals surface area contributed by atoms with Gasteiger partial charge < -0.3 is 15.0 Å². The molecule has 0 unspecified atom stereocenters. The zero-order valence-corrected chi connectivity index (χ0v) is 12.2. The number of rotatable bonds is 5. The van der Waals surface area contributed by atoms with Crippen molar-refractivity contribution in [2.75, 3.05) is 37.7 Å². The Morgan fingerprint density at radius 1 is 1.00 bits per heavy atom. The first-order chi connectivity index (χ1) is 10.4. The number of hydrogen-bond donors (Lipinski definition) is 1. The maximum atomic E-state index is 5.80. The minimum atomic E-state index is 0.691. The van der Waals surface area contributed by atoms with Crippen molar-refractivity contribution in [1.82, 2.24) is 10.3 Å². The zero-order chi connectivity index (χ0) is 14.3. The molecular weight excluding hydrogens is 262 g/mol. The summed E-state index contributed by atoms with van der Waals surface area (Å²) in [6, 6.07) is 12.5. The lowest BCUT2D eigenvalue weighted by molar-refractivity contribution is 0.322. The van der Waals surface area contributed by atoms with Gasteiger partial charge in [-0.2, -0.15) is 0 Å². The minimum Gasteiger partial charge on any atom is -0.493 e. The van der Waals surface area contributed by atoms with Crippen LogP contribution in [0.2, 0.25) is 0 Å². The summed E-state index contributed by atoms with van der Waals surface area (Å²) in [6.07, 6.45) is 4.54. The van der Waals surface area contributed by atoms with Crippen molar-refractivity contribution in [3.05, 3.63) is 54.4 Å². The molecule has 1 saturated heterocycles. The molecule has 1 aromatic carbocycles. The summed E-state index contributed by atoms with van der Waals surface area (Å²) in [4.78, 5) is 6.42. The van der Waals surface area contributed by atoms with Gasteiger partial charge in [0.1, 0.15) is 5.75 Å². The van der Waals surface area contributed by atoms with Crippen molar-refractivity contribution in [2.24, 2.45) is 0 Å². The van der Waals surface area contributed by atoms with E-state index in [0.717, 1.165) is 38.3 Å². The summed E-state index contributed by atoms with van der Waals surface area (Å²) in [5.74, 6) is 0.933. The monoisotopic (exact) mass is 283 g/mol. The van der Waals surface area contributed by atoms with Crippen molar-refractivity contribution in [2.45, 2.75) is 6.42 Å². The molecule has 21 heavy (non-hydrogen) atoms. The van der Waals surface area contributed by atoms with Crippen LogP contribution in [-0.4, -0.2) is 37.8 Å². The van der Waals surface area contributed by atoms with Gasteiger partial charge in [0.25, 0.3) is 0 Å². The summed E-state index contributed by atoms with van der Waals surface area (Å²) in [7, 11) is 0. The largest absolute Gasteiger partial charge is 0.493 e. The lowest BCUT2D eigenvalue weighted by atomic mass is 10.2. The second-order valence-electron chi connectivity index (χ2n) is 5.18. The van der Waals surface area contributed by atoms with Crippen molar-refractivity contribution < 1.29 is 4.74 Å². The first-order valence-corrected chi connectivity index (χ1v) is 7.49. The Morgan fingerprint density at radius 2 is 1.71 bits per heavy atom. The van der Waals surface area contributed by atoms with Crippen molar-refractivity contribution in [3.63, 3.8) is 0 Å². The lowest BCUT2D eigenvalue weighted by Gasteiger charge is -2.29. The molecule has 4 heteroatoms. The first kappa shape index (κ1) is 13.9. The second-order valence-corrected chi connectivity index (χ2v) is 5.18. The molecule has 1 fully saturated rings. The van der Waals surface area contributed by atoms with E-state index in [9.17, 15) is 0 Å². The van der Waals surface area contributed by atoms with Crippen LogP contribution in [0.4, 0.5) is 5.69 Å². The molecule has 110 valence electrons. The second kappa shape index (κ2) is 7.09. The Morgan fingerprint density at radius 3 is 2.43 bits per heavy atom. The topological polar surface area (TPSA) is 37.4 Å². The van der Waals surface area contributed by atoms with E-state index in [1.165, 1.54) is 11.3 Å². The number of ether oxygens (including phenoxy) is 1. The van der Waals surface area contributed by atoms with Crippen LogP contribution in [0.5, 0.6) is 5.75 Å². The maximum absolute atomic E-state index is 5.80. The summed E-state index contributed by atoms with van der Waals surface area (Å²) in [5, 5.41) is 3.37. The fourth-order valence-electron chi connectivity index (χ4n) is 2.51. The van der Waals surface area contributed by atoms with Crippen LogP contribution in [-0.2, 0) is 6.42 Å². The van der Waals surface area contributed by atoms with E-state index >= 15 is 0 Å². The van der Waals surface area contributed by atoms with Gasteiger partial charge in [0.15, 0.2) is 0 Å². The number of anilines is 1. The fourth-order valence-corrected chi connectivity index (χ4v) is 2.51. The molecule has 1 aliphatic heterocycles. The molecule has 0 amide bonds. The van der Waals surface area contributed by atoms with Gasteiger partial charge in [-0.3, -0.25) is 4.98 Å². The van der Waals surface area contributed by atoms with Crippen LogP contribution in [0.3, 0.4) is 0 Å². The number of benzene rings is 1. The molecule has 1 aromatic heterocycles. The predicted molar refractivity (Wildman–Crippen MR) is 85.0 cm³/mol. The number of hydrogen-bond acceptors (Lipinski definition) is 4. The van der Waals surface area contributed by atoms with Gasteiger partial charge in [-0.15, -0.1) is 0 Å². The van der Waals surface area contributed by atoms with E-state index in [1.54, 1.807) is 0 Å². The van der Waals surface area contributed by atoms with Crippen molar-refractivity contribution in [3.8, 4) is 5.75 Å². The molecule has 4 nitrogen and oxygen atoms in total. The normalized spacial score (nSPS) is 15.0. The standard InChI is InChI=1S/C17H21N3O/c1-3-17(21-14-7-15-5-8-18-9-6-15)4-2-16(1)20-12-10-19-11-13-20/h1-6,8-9,19H,7,10-14H2. The lowest BCUT2D eigenvalue weighted by Crippen LogP contribution is -2.43. The molecular formula is C17H21N3O. The van der Waals surface area contributed by atoms with Crippen LogP contribution in [0, 0.1) is 0 Å². The number of nitrogens with zero attached hydrogens (tertiary/aromatic N) is 2. The van der Waals surface area contributed by atoms with Gasteiger partial charge in [0, 0.05) is 50.7 Å². The van der Waals surface area contributed by atoms with Gasteiger partial charge in [-0.05, 0) is 42.0 Å². The van der Waals surface area contributed by atoms with Crippen LogP contribution < -0.4 is 15.0 Å². The fraction of sp³-hybridized carbons (Fsp3) is 0.353. The molecule has 0 bridgehead atoms. The van der Waals surface area contributed by atoms with E-state index in [2.05, 4.69) is 39.5 Å². The Bertz CT molecular complexity index is 536. The van der Waals surface area contributed by atoms with Crippen molar-refractivity contribution in [1.29, 1.82) is 0 Å². The van der Waals surface area contributed by atoms with E-state index < -0.39 is 0 Å². The Labute approximate surface area is 125 Å². The third-order valence-electron chi connectivity index (χ3n) is 3.73. The molecule has 2 heterocycles. The first-order valence-electron chi connectivity index (χ1n) is 7.49. The summed E-state index contributed by atoms with van der Waals surface area (Å²) in [6.45, 7) is 4.95. The van der Waals surface area contributed by atoms with Gasteiger partial charge in [0.2, 0.25) is 0 Å². The maximum Gasteiger partial charge on any atom is 0.119 e. The Balaban J connectivity index is 1.50. The van der Waals surface area contributed by atoms with Gasteiger partial charge >= 0.3 is 0 Å². The van der Waals surface area contributed by atoms with Crippen LogP contribution in [0.25, 0.3) is 0 Å². The van der Waals surface area contributed by atoms with Gasteiger partial charge in [0.05, 0.1) is 6.61 Å². The highest BCUT2D eigenvalue weighted by Gasteiger charge is 2.09. The Kier molecular flexibility index (Phi) is 4.69. The average Bonchev–Trinajstić information content (AvgIpc) is 2.57. The predicted octanol–water partition coefficient (Wildman–Crippen LogP) is 2.11. The van der Waals surface area contributed by atoms with E-state index in [0.29, 0.717) is 6.61 Å². The molecule has 0 spiro atoms. The molecule has 1 aliphatic rings. The number of nitrogens with one attached hydrogen (secondary N) is 1. The highest BCUT2D eigenvalue weighted by molar-refractivity contribution is 5.49. The molecule has 0 atom stereocenters. The molecule has 1 N–H and O–H groups in total. The molecule has 3 rings (SSSR count). The molecule has 0 saturated carbocycles. The average molecular weight is 283 g/mol. The quantitative estimate of drug-likeness (QED) is 0.912. The third kappa shape index (κ3) is 3.95. The summed E-state index contributed by atoms with van der Waals surface area (Å²) >= 11 is 0. The smallest absolute Gasteiger partial charge is 0.119 e. The number of aromatic nitrogens is 1. The van der Waals surface area contributed by atoms with Gasteiger partial charge in [-0.1, -0.05) is 0 Å². The van der Waals surface area contributed by atoms with E-state index in [4.69, 9.17) is 4.74 Å². The number of pyridine rings is 1. The highest BCUT2D eigenvalue weighted by Crippen LogP contribution is 2.20. The highest BCUT2D eigenvalue weighted by atomic mass is 16.5. The molecule has 0 radical (unpaired) electrons. The molecule has 0 aliphatic carbocycles. The molecule has 2 aromatic rings. The Hall–Kier alpha value is -2.07. The minimum absolute atomic E-state index is 0.691. The van der Waals surface area contributed by atoms with E-state index in [-0.39, 0.29) is 0 Å². The van der Waals surface area contributed by atoms with Crippen LogP contribution in [0.1, 0.15) is 5.56 Å². The van der Waals surface area contributed by atoms with Gasteiger partial charge in [-0.25, -0.2) is 0 Å². The van der Waals surface area contributed by atoms with Crippen LogP contribution >= 0.6 is 0 Å². The van der Waals surface area contributed by atoms with E-state index in [1.807, 2.05) is 24.5 Å². The number of piperazine rings is 1. The zero-order valence-electron chi connectivity index (χ0n) is 12.2. The third-order valence-corrected chi connectivity index (χ3v) is 3.73. The summed E-state index contributed by atoms with van der Waals surface area (Å²) in [5.41, 5.74) is 2.53.